The molecule has 0 bridgehead atoms. The number of aromatic nitrogens is 1. The molecule has 1 rings (SSSR count). The van der Waals surface area contributed by atoms with Crippen LogP contribution >= 0.6 is 0 Å². The molecule has 0 saturated heterocycles. The molecule has 0 unspecified atom stereocenters. The van der Waals surface area contributed by atoms with Crippen molar-refractivity contribution in [2.45, 2.75) is 6.92 Å². The second kappa shape index (κ2) is 8.70. The molecule has 21 heavy (non-hydrogen) atoms. The highest BCUT2D eigenvalue weighted by molar-refractivity contribution is 6.61. The van der Waals surface area contributed by atoms with Gasteiger partial charge in [0.2, 0.25) is 0 Å². The van der Waals surface area contributed by atoms with Crippen LogP contribution in [0.25, 0.3) is 13.2 Å². The van der Waals surface area contributed by atoms with Gasteiger partial charge in [-0.1, -0.05) is 61.0 Å². The molecule has 0 aliphatic carbocycles. The SMILES string of the molecule is C=C/C(F)=C\C(Bc1cnc(=C)ccccc(=C)c1)=C/C. The predicted molar refractivity (Wildman–Crippen MR) is 92.1 cm³/mol. The third kappa shape index (κ3) is 6.53. The third-order valence-corrected chi connectivity index (χ3v) is 2.77. The normalized spacial score (nSPS) is 11.5. The first kappa shape index (κ1) is 16.6. The van der Waals surface area contributed by atoms with E-state index in [0.29, 0.717) is 12.6 Å². The number of hydrogen-bond donors (Lipinski definition) is 0. The van der Waals surface area contributed by atoms with E-state index in [0.717, 1.165) is 16.2 Å². The average molecular weight is 279 g/mol. The summed E-state index contributed by atoms with van der Waals surface area (Å²) in [5, 5.41) is 1.52. The zero-order valence-corrected chi connectivity index (χ0v) is 12.3. The van der Waals surface area contributed by atoms with E-state index in [9.17, 15) is 4.39 Å². The van der Waals surface area contributed by atoms with Gasteiger partial charge in [-0.2, -0.15) is 0 Å². The van der Waals surface area contributed by atoms with Crippen LogP contribution in [0.3, 0.4) is 0 Å². The molecule has 0 aliphatic rings. The van der Waals surface area contributed by atoms with E-state index in [4.69, 9.17) is 0 Å². The Labute approximate surface area is 126 Å². The predicted octanol–water partition coefficient (Wildman–Crippen LogP) is 2.03. The minimum absolute atomic E-state index is 0.355. The van der Waals surface area contributed by atoms with Crippen molar-refractivity contribution in [1.29, 1.82) is 0 Å². The van der Waals surface area contributed by atoms with Crippen molar-refractivity contribution in [2.75, 3.05) is 0 Å². The van der Waals surface area contributed by atoms with Crippen molar-refractivity contribution >= 4 is 25.9 Å². The smallest absolute Gasteiger partial charge is 0.193 e. The van der Waals surface area contributed by atoms with E-state index < -0.39 is 0 Å². The minimum atomic E-state index is -0.355. The van der Waals surface area contributed by atoms with Crippen molar-refractivity contribution in [2.24, 2.45) is 0 Å². The molecule has 106 valence electrons. The summed E-state index contributed by atoms with van der Waals surface area (Å²) >= 11 is 0. The molecule has 0 aromatic carbocycles. The molecular formula is C18H19BFN. The molecule has 0 amide bonds. The van der Waals surface area contributed by atoms with Gasteiger partial charge in [-0.3, -0.25) is 4.98 Å². The first-order valence-corrected chi connectivity index (χ1v) is 6.67. The topological polar surface area (TPSA) is 12.9 Å². The summed E-state index contributed by atoms with van der Waals surface area (Å²) in [5.41, 5.74) is 1.78. The van der Waals surface area contributed by atoms with Crippen molar-refractivity contribution in [1.82, 2.24) is 4.98 Å². The molecule has 0 spiro atoms. The fourth-order valence-electron chi connectivity index (χ4n) is 1.68. The van der Waals surface area contributed by atoms with E-state index >= 15 is 0 Å². The summed E-state index contributed by atoms with van der Waals surface area (Å²) in [7, 11) is 0.561. The summed E-state index contributed by atoms with van der Waals surface area (Å²) in [4.78, 5) is 4.28. The lowest BCUT2D eigenvalue weighted by Gasteiger charge is -1.99. The molecule has 1 heterocycles. The lowest BCUT2D eigenvalue weighted by Crippen LogP contribution is -2.20. The summed E-state index contributed by atoms with van der Waals surface area (Å²) in [6.07, 6.45) is 6.26. The van der Waals surface area contributed by atoms with Crippen molar-refractivity contribution in [3.8, 4) is 0 Å². The Kier molecular flexibility index (Phi) is 6.89. The van der Waals surface area contributed by atoms with E-state index in [1.807, 2.05) is 43.3 Å². The number of hydrogen-bond acceptors (Lipinski definition) is 1. The van der Waals surface area contributed by atoms with Gasteiger partial charge in [-0.05, 0) is 30.4 Å². The van der Waals surface area contributed by atoms with Gasteiger partial charge in [0.1, 0.15) is 5.83 Å². The quantitative estimate of drug-likeness (QED) is 0.607. The Morgan fingerprint density at radius 2 is 2.00 bits per heavy atom. The van der Waals surface area contributed by atoms with Gasteiger partial charge in [-0.25, -0.2) is 4.39 Å². The maximum absolute atomic E-state index is 13.3. The molecule has 1 nitrogen and oxygen atoms in total. The molecule has 1 aromatic heterocycles. The fourth-order valence-corrected chi connectivity index (χ4v) is 1.68. The molecule has 0 aliphatic heterocycles. The monoisotopic (exact) mass is 279 g/mol. The lowest BCUT2D eigenvalue weighted by molar-refractivity contribution is 0.667. The fraction of sp³-hybridized carbons (Fsp3) is 0.0556. The molecule has 0 N–H and O–H groups in total. The summed E-state index contributed by atoms with van der Waals surface area (Å²) in [6.45, 7) is 13.1. The van der Waals surface area contributed by atoms with Crippen molar-refractivity contribution < 1.29 is 4.39 Å². The molecule has 1 aromatic rings. The molecular weight excluding hydrogens is 260 g/mol. The van der Waals surface area contributed by atoms with Gasteiger partial charge < -0.3 is 0 Å². The molecule has 0 fully saturated rings. The highest BCUT2D eigenvalue weighted by atomic mass is 19.1. The average Bonchev–Trinajstić information content (AvgIpc) is 2.47. The van der Waals surface area contributed by atoms with Gasteiger partial charge in [0.05, 0.1) is 5.35 Å². The van der Waals surface area contributed by atoms with Crippen LogP contribution in [0.2, 0.25) is 0 Å². The van der Waals surface area contributed by atoms with Gasteiger partial charge in [0.15, 0.2) is 7.28 Å². The number of halogens is 1. The Morgan fingerprint density at radius 3 is 2.67 bits per heavy atom. The maximum atomic E-state index is 13.3. The first-order chi connectivity index (χ1) is 10.0. The Hall–Kier alpha value is -2.42. The number of rotatable bonds is 4. The molecule has 3 heteroatoms. The lowest BCUT2D eigenvalue weighted by atomic mass is 9.63. The molecule has 0 saturated carbocycles. The zero-order chi connectivity index (χ0) is 15.7. The molecule has 0 radical (unpaired) electrons. The standard InChI is InChI=1S/C18H19BFN/c1-5-16(12-18(20)6-2)19-17-11-14(3)9-7-8-10-15(4)21-13-17/h5-13,19H,2-4H2,1H3/b9-7?,10-8?,16-5+,17-11?,18-12+,21-13?. The van der Waals surface area contributed by atoms with Crippen molar-refractivity contribution in [3.63, 3.8) is 0 Å². The summed E-state index contributed by atoms with van der Waals surface area (Å²) < 4.78 is 13.3. The third-order valence-electron chi connectivity index (χ3n) is 2.77. The van der Waals surface area contributed by atoms with Crippen LogP contribution in [-0.2, 0) is 0 Å². The van der Waals surface area contributed by atoms with E-state index in [1.165, 1.54) is 12.2 Å². The molecule has 0 atom stereocenters. The second-order valence-electron chi connectivity index (χ2n) is 4.54. The van der Waals surface area contributed by atoms with E-state index in [-0.39, 0.29) is 5.83 Å². The Bertz CT molecular complexity index is 718. The second-order valence-corrected chi connectivity index (χ2v) is 4.54. The van der Waals surface area contributed by atoms with Gasteiger partial charge in [0.25, 0.3) is 0 Å². The van der Waals surface area contributed by atoms with Crippen molar-refractivity contribution in [3.05, 3.63) is 83.2 Å². The first-order valence-electron chi connectivity index (χ1n) is 6.67. The highest BCUT2D eigenvalue weighted by Crippen LogP contribution is 2.03. The highest BCUT2D eigenvalue weighted by Gasteiger charge is 2.00. The van der Waals surface area contributed by atoms with Gasteiger partial charge >= 0.3 is 0 Å². The van der Waals surface area contributed by atoms with Gasteiger partial charge in [-0.15, -0.1) is 0 Å². The van der Waals surface area contributed by atoms with Crippen LogP contribution in [0, 0.1) is 0 Å². The van der Waals surface area contributed by atoms with Crippen LogP contribution in [0.15, 0.2) is 72.6 Å². The van der Waals surface area contributed by atoms with Crippen LogP contribution in [0.4, 0.5) is 4.39 Å². The summed E-state index contributed by atoms with van der Waals surface area (Å²) in [6, 6.07) is 9.39. The minimum Gasteiger partial charge on any atom is -0.258 e. The van der Waals surface area contributed by atoms with Crippen LogP contribution in [0.1, 0.15) is 6.92 Å². The van der Waals surface area contributed by atoms with Crippen LogP contribution in [0.5, 0.6) is 0 Å². The Morgan fingerprint density at radius 1 is 1.29 bits per heavy atom. The summed E-state index contributed by atoms with van der Waals surface area (Å²) in [5.74, 6) is -0.355. The number of allylic oxidation sites excluding steroid dienone is 5. The zero-order valence-electron chi connectivity index (χ0n) is 12.3. The van der Waals surface area contributed by atoms with Crippen LogP contribution in [-0.4, -0.2) is 12.3 Å². The van der Waals surface area contributed by atoms with E-state index in [1.54, 1.807) is 6.20 Å². The Balaban J connectivity index is 3.29. The van der Waals surface area contributed by atoms with E-state index in [2.05, 4.69) is 24.7 Å². The number of nitrogens with zero attached hydrogens (tertiary/aromatic N) is 1. The maximum Gasteiger partial charge on any atom is 0.193 e. The van der Waals surface area contributed by atoms with Crippen LogP contribution < -0.4 is 16.0 Å². The largest absolute Gasteiger partial charge is 0.258 e. The van der Waals surface area contributed by atoms with Gasteiger partial charge in [0, 0.05) is 6.20 Å².